The number of nitrogens with one attached hydrogen (secondary N) is 1. The van der Waals surface area contributed by atoms with Crippen molar-refractivity contribution >= 4 is 0 Å². The Labute approximate surface area is 118 Å². The van der Waals surface area contributed by atoms with Crippen LogP contribution in [0.4, 0.5) is 0 Å². The number of ether oxygens (including phenoxy) is 1. The smallest absolute Gasteiger partial charge is 0.119 e. The van der Waals surface area contributed by atoms with Gasteiger partial charge in [-0.15, -0.1) is 0 Å². The van der Waals surface area contributed by atoms with Gasteiger partial charge in [0.1, 0.15) is 5.75 Å². The zero-order chi connectivity index (χ0) is 13.9. The molecule has 0 radical (unpaired) electrons. The number of hydrogen-bond donors (Lipinski definition) is 1. The summed E-state index contributed by atoms with van der Waals surface area (Å²) in [5, 5.41) is 3.59. The molecular weight excluding hydrogens is 234 g/mol. The fourth-order valence-corrected chi connectivity index (χ4v) is 2.44. The Balaban J connectivity index is 2.50. The van der Waals surface area contributed by atoms with Gasteiger partial charge in [0.15, 0.2) is 0 Å². The standard InChI is InChI=1S/C17H29NO/c1-4-6-7-8-9-13-17(18-5-2)15-11-10-12-16(14-15)19-3/h10-12,14,17-18H,4-9,13H2,1-3H3. The van der Waals surface area contributed by atoms with Crippen LogP contribution in [0, 0.1) is 0 Å². The van der Waals surface area contributed by atoms with Crippen molar-refractivity contribution in [2.75, 3.05) is 13.7 Å². The topological polar surface area (TPSA) is 21.3 Å². The first-order chi connectivity index (χ1) is 9.31. The molecule has 0 saturated heterocycles. The molecule has 1 rings (SSSR count). The minimum absolute atomic E-state index is 0.460. The third kappa shape index (κ3) is 6.11. The summed E-state index contributed by atoms with van der Waals surface area (Å²) >= 11 is 0. The maximum Gasteiger partial charge on any atom is 0.119 e. The minimum atomic E-state index is 0.460. The van der Waals surface area contributed by atoms with Gasteiger partial charge in [-0.3, -0.25) is 0 Å². The molecule has 0 spiro atoms. The third-order valence-electron chi connectivity index (χ3n) is 3.54. The van der Waals surface area contributed by atoms with E-state index in [0.717, 1.165) is 12.3 Å². The van der Waals surface area contributed by atoms with Crippen molar-refractivity contribution in [1.29, 1.82) is 0 Å². The van der Waals surface area contributed by atoms with Gasteiger partial charge in [0, 0.05) is 6.04 Å². The largest absolute Gasteiger partial charge is 0.497 e. The van der Waals surface area contributed by atoms with Gasteiger partial charge in [-0.05, 0) is 30.7 Å². The number of hydrogen-bond acceptors (Lipinski definition) is 2. The van der Waals surface area contributed by atoms with Crippen molar-refractivity contribution in [1.82, 2.24) is 5.32 Å². The van der Waals surface area contributed by atoms with Crippen LogP contribution in [0.1, 0.15) is 64.0 Å². The number of rotatable bonds is 10. The van der Waals surface area contributed by atoms with Gasteiger partial charge in [-0.25, -0.2) is 0 Å². The highest BCUT2D eigenvalue weighted by atomic mass is 16.5. The van der Waals surface area contributed by atoms with Crippen LogP contribution in [0.15, 0.2) is 24.3 Å². The van der Waals surface area contributed by atoms with E-state index in [0.29, 0.717) is 6.04 Å². The summed E-state index contributed by atoms with van der Waals surface area (Å²) in [4.78, 5) is 0. The Morgan fingerprint density at radius 2 is 1.89 bits per heavy atom. The maximum atomic E-state index is 5.31. The summed E-state index contributed by atoms with van der Waals surface area (Å²) in [6.07, 6.45) is 7.91. The van der Waals surface area contributed by atoms with E-state index in [1.54, 1.807) is 7.11 Å². The first-order valence-electron chi connectivity index (χ1n) is 7.69. The summed E-state index contributed by atoms with van der Waals surface area (Å²) in [5.41, 5.74) is 1.34. The first kappa shape index (κ1) is 16.0. The highest BCUT2D eigenvalue weighted by molar-refractivity contribution is 5.30. The van der Waals surface area contributed by atoms with Crippen molar-refractivity contribution in [2.24, 2.45) is 0 Å². The lowest BCUT2D eigenvalue weighted by molar-refractivity contribution is 0.411. The van der Waals surface area contributed by atoms with Crippen LogP contribution in [0.5, 0.6) is 5.75 Å². The molecule has 108 valence electrons. The molecule has 0 saturated carbocycles. The van der Waals surface area contributed by atoms with Crippen molar-refractivity contribution in [2.45, 2.75) is 58.4 Å². The van der Waals surface area contributed by atoms with E-state index < -0.39 is 0 Å². The van der Waals surface area contributed by atoms with Gasteiger partial charge in [-0.1, -0.05) is 58.1 Å². The van der Waals surface area contributed by atoms with Crippen molar-refractivity contribution in [3.8, 4) is 5.75 Å². The molecule has 1 N–H and O–H groups in total. The van der Waals surface area contributed by atoms with Gasteiger partial charge in [0.25, 0.3) is 0 Å². The van der Waals surface area contributed by atoms with Crippen LogP contribution >= 0.6 is 0 Å². The van der Waals surface area contributed by atoms with Crippen molar-refractivity contribution in [3.05, 3.63) is 29.8 Å². The van der Waals surface area contributed by atoms with E-state index in [4.69, 9.17) is 4.74 Å². The Morgan fingerprint density at radius 1 is 1.11 bits per heavy atom. The molecule has 2 nitrogen and oxygen atoms in total. The molecule has 0 aliphatic heterocycles. The predicted octanol–water partition coefficient (Wildman–Crippen LogP) is 4.71. The second kappa shape index (κ2) is 9.85. The number of methoxy groups -OCH3 is 1. The number of unbranched alkanes of at least 4 members (excludes halogenated alkanes) is 4. The zero-order valence-corrected chi connectivity index (χ0v) is 12.7. The average Bonchev–Trinajstić information content (AvgIpc) is 2.46. The Kier molecular flexibility index (Phi) is 8.31. The Bertz CT molecular complexity index is 338. The molecule has 0 fully saturated rings. The summed E-state index contributed by atoms with van der Waals surface area (Å²) in [7, 11) is 1.73. The quantitative estimate of drug-likeness (QED) is 0.617. The lowest BCUT2D eigenvalue weighted by atomic mass is 9.99. The normalized spacial score (nSPS) is 12.4. The highest BCUT2D eigenvalue weighted by Gasteiger charge is 2.10. The second-order valence-electron chi connectivity index (χ2n) is 5.09. The molecule has 1 unspecified atom stereocenters. The lowest BCUT2D eigenvalue weighted by Gasteiger charge is -2.19. The molecule has 0 aliphatic carbocycles. The highest BCUT2D eigenvalue weighted by Crippen LogP contribution is 2.23. The molecule has 2 heteroatoms. The second-order valence-corrected chi connectivity index (χ2v) is 5.09. The van der Waals surface area contributed by atoms with Crippen molar-refractivity contribution < 1.29 is 4.74 Å². The van der Waals surface area contributed by atoms with Gasteiger partial charge in [-0.2, -0.15) is 0 Å². The van der Waals surface area contributed by atoms with E-state index in [1.165, 1.54) is 44.1 Å². The molecule has 1 aromatic rings. The summed E-state index contributed by atoms with van der Waals surface area (Å²) in [6, 6.07) is 8.90. The fourth-order valence-electron chi connectivity index (χ4n) is 2.44. The van der Waals surface area contributed by atoms with Gasteiger partial charge in [0.2, 0.25) is 0 Å². The van der Waals surface area contributed by atoms with E-state index in [1.807, 2.05) is 6.07 Å². The van der Waals surface area contributed by atoms with Crippen LogP contribution in [-0.4, -0.2) is 13.7 Å². The van der Waals surface area contributed by atoms with Gasteiger partial charge in [0.05, 0.1) is 7.11 Å². The Hall–Kier alpha value is -1.02. The monoisotopic (exact) mass is 263 g/mol. The Morgan fingerprint density at radius 3 is 2.58 bits per heavy atom. The van der Waals surface area contributed by atoms with Crippen molar-refractivity contribution in [3.63, 3.8) is 0 Å². The van der Waals surface area contributed by atoms with E-state index in [2.05, 4.69) is 37.4 Å². The molecule has 1 atom stereocenters. The van der Waals surface area contributed by atoms with Crippen LogP contribution in [0.2, 0.25) is 0 Å². The van der Waals surface area contributed by atoms with Gasteiger partial charge < -0.3 is 10.1 Å². The van der Waals surface area contributed by atoms with Crippen LogP contribution in [0.3, 0.4) is 0 Å². The molecule has 0 heterocycles. The average molecular weight is 263 g/mol. The minimum Gasteiger partial charge on any atom is -0.497 e. The SMILES string of the molecule is CCCCCCCC(NCC)c1cccc(OC)c1. The molecule has 0 aliphatic rings. The molecule has 1 aromatic carbocycles. The first-order valence-corrected chi connectivity index (χ1v) is 7.69. The van der Waals surface area contributed by atoms with E-state index in [9.17, 15) is 0 Å². The zero-order valence-electron chi connectivity index (χ0n) is 12.7. The molecule has 19 heavy (non-hydrogen) atoms. The summed E-state index contributed by atoms with van der Waals surface area (Å²) in [5.74, 6) is 0.950. The molecule has 0 aromatic heterocycles. The maximum absolute atomic E-state index is 5.31. The predicted molar refractivity (Wildman–Crippen MR) is 82.8 cm³/mol. The summed E-state index contributed by atoms with van der Waals surface area (Å²) in [6.45, 7) is 5.44. The van der Waals surface area contributed by atoms with E-state index >= 15 is 0 Å². The lowest BCUT2D eigenvalue weighted by Crippen LogP contribution is -2.20. The number of benzene rings is 1. The van der Waals surface area contributed by atoms with Crippen LogP contribution < -0.4 is 10.1 Å². The fraction of sp³-hybridized carbons (Fsp3) is 0.647. The third-order valence-corrected chi connectivity index (χ3v) is 3.54. The van der Waals surface area contributed by atoms with Gasteiger partial charge >= 0.3 is 0 Å². The molecular formula is C17H29NO. The summed E-state index contributed by atoms with van der Waals surface area (Å²) < 4.78 is 5.31. The molecule has 0 amide bonds. The van der Waals surface area contributed by atoms with Crippen LogP contribution in [0.25, 0.3) is 0 Å². The van der Waals surface area contributed by atoms with Crippen LogP contribution in [-0.2, 0) is 0 Å². The van der Waals surface area contributed by atoms with E-state index in [-0.39, 0.29) is 0 Å². The molecule has 0 bridgehead atoms.